The minimum atomic E-state index is -3.49. The molecule has 11 heteroatoms. The number of carbonyl (C=O) groups excluding carboxylic acids is 1. The van der Waals surface area contributed by atoms with Crippen molar-refractivity contribution in [2.45, 2.75) is 0 Å². The largest absolute Gasteiger partial charge is 0.495 e. The van der Waals surface area contributed by atoms with Crippen LogP contribution in [0.3, 0.4) is 0 Å². The van der Waals surface area contributed by atoms with Crippen molar-refractivity contribution in [2.24, 2.45) is 5.73 Å². The molecule has 0 saturated heterocycles. The van der Waals surface area contributed by atoms with Gasteiger partial charge in [0, 0.05) is 13.2 Å². The number of anilines is 5. The Kier molecular flexibility index (Phi) is 6.25. The minimum absolute atomic E-state index is 0.0944. The Hall–Kier alpha value is -3.86. The first-order valence-corrected chi connectivity index (χ1v) is 10.9. The third-order valence-corrected chi connectivity index (χ3v) is 5.62. The summed E-state index contributed by atoms with van der Waals surface area (Å²) in [5.74, 6) is 0.491. The fraction of sp³-hybridized carbons (Fsp3) is 0.150. The number of sulfonamides is 1. The van der Waals surface area contributed by atoms with Crippen LogP contribution in [-0.2, 0) is 10.0 Å². The summed E-state index contributed by atoms with van der Waals surface area (Å²) in [7, 11) is -0.516. The maximum Gasteiger partial charge on any atom is 0.254 e. The number of hydrogen-bond donors (Lipinski definition) is 3. The lowest BCUT2D eigenvalue weighted by Crippen LogP contribution is -2.25. The Bertz CT molecular complexity index is 1200. The lowest BCUT2D eigenvalue weighted by atomic mass is 10.1. The van der Waals surface area contributed by atoms with E-state index in [0.29, 0.717) is 28.6 Å². The number of aromatic nitrogens is 2. The summed E-state index contributed by atoms with van der Waals surface area (Å²) in [6.45, 7) is 0. The quantitative estimate of drug-likeness (QED) is 0.483. The molecule has 0 aliphatic heterocycles. The van der Waals surface area contributed by atoms with Gasteiger partial charge < -0.3 is 21.1 Å². The van der Waals surface area contributed by atoms with Crippen LogP contribution in [0.1, 0.15) is 10.4 Å². The lowest BCUT2D eigenvalue weighted by Gasteiger charge is -2.22. The van der Waals surface area contributed by atoms with E-state index in [1.165, 1.54) is 26.6 Å². The Morgan fingerprint density at radius 2 is 1.81 bits per heavy atom. The van der Waals surface area contributed by atoms with Gasteiger partial charge in [0.2, 0.25) is 10.0 Å². The molecule has 2 aromatic heterocycles. The molecule has 0 unspecified atom stereocenters. The van der Waals surface area contributed by atoms with Crippen LogP contribution in [-0.4, -0.2) is 44.7 Å². The number of rotatable bonds is 8. The smallest absolute Gasteiger partial charge is 0.254 e. The number of pyridine rings is 2. The maximum atomic E-state index is 12.3. The van der Waals surface area contributed by atoms with Gasteiger partial charge in [-0.05, 0) is 30.3 Å². The number of methoxy groups -OCH3 is 1. The van der Waals surface area contributed by atoms with Crippen LogP contribution >= 0.6 is 0 Å². The summed E-state index contributed by atoms with van der Waals surface area (Å²) >= 11 is 0. The van der Waals surface area contributed by atoms with Gasteiger partial charge in [-0.25, -0.2) is 18.4 Å². The van der Waals surface area contributed by atoms with Crippen LogP contribution in [0.15, 0.2) is 54.9 Å². The minimum Gasteiger partial charge on any atom is -0.495 e. The highest BCUT2D eigenvalue weighted by atomic mass is 32.2. The van der Waals surface area contributed by atoms with Crippen LogP contribution in [0.5, 0.6) is 5.75 Å². The summed E-state index contributed by atoms with van der Waals surface area (Å²) in [5.41, 5.74) is 6.95. The molecule has 1 aromatic carbocycles. The second-order valence-electron chi connectivity index (χ2n) is 6.53. The molecule has 3 aromatic rings. The molecular formula is C20H22N6O4S. The van der Waals surface area contributed by atoms with Gasteiger partial charge in [0.25, 0.3) is 5.91 Å². The zero-order valence-electron chi connectivity index (χ0n) is 17.2. The molecule has 1 amide bonds. The fourth-order valence-electron chi connectivity index (χ4n) is 2.78. The highest BCUT2D eigenvalue weighted by molar-refractivity contribution is 7.92. The molecule has 0 aliphatic carbocycles. The average molecular weight is 443 g/mol. The zero-order valence-corrected chi connectivity index (χ0v) is 18.0. The standard InChI is InChI=1S/C20H22N6O4S/c1-26(31(3,28)29)16-7-5-4-6-14(16)24-15-10-11-22-20(18(15)19(21)27)25-17-9-8-13(30-2)12-23-17/h4-12H,1-3H3,(H2,21,27)(H2,22,23,24,25). The van der Waals surface area contributed by atoms with Gasteiger partial charge in [-0.3, -0.25) is 9.10 Å². The average Bonchev–Trinajstić information content (AvgIpc) is 2.73. The first-order valence-electron chi connectivity index (χ1n) is 9.06. The number of amides is 1. The van der Waals surface area contributed by atoms with Crippen LogP contribution in [0, 0.1) is 0 Å². The van der Waals surface area contributed by atoms with Gasteiger partial charge in [-0.15, -0.1) is 0 Å². The molecule has 10 nitrogen and oxygen atoms in total. The fourth-order valence-corrected chi connectivity index (χ4v) is 3.30. The molecule has 2 heterocycles. The first kappa shape index (κ1) is 21.8. The molecule has 0 saturated carbocycles. The van der Waals surface area contributed by atoms with E-state index in [2.05, 4.69) is 20.6 Å². The van der Waals surface area contributed by atoms with Crippen molar-refractivity contribution >= 4 is 44.6 Å². The summed E-state index contributed by atoms with van der Waals surface area (Å²) in [4.78, 5) is 20.7. The number of hydrogen-bond acceptors (Lipinski definition) is 8. The summed E-state index contributed by atoms with van der Waals surface area (Å²) in [5, 5.41) is 6.06. The van der Waals surface area contributed by atoms with E-state index in [4.69, 9.17) is 10.5 Å². The Balaban J connectivity index is 2.00. The molecule has 0 atom stereocenters. The van der Waals surface area contributed by atoms with Crippen LogP contribution in [0.2, 0.25) is 0 Å². The van der Waals surface area contributed by atoms with Crippen molar-refractivity contribution in [3.63, 3.8) is 0 Å². The van der Waals surface area contributed by atoms with E-state index in [-0.39, 0.29) is 11.4 Å². The summed E-state index contributed by atoms with van der Waals surface area (Å²) < 4.78 is 30.2. The number of benzene rings is 1. The Morgan fingerprint density at radius 1 is 1.06 bits per heavy atom. The summed E-state index contributed by atoms with van der Waals surface area (Å²) in [6.07, 6.45) is 4.12. The first-order chi connectivity index (χ1) is 14.7. The predicted molar refractivity (Wildman–Crippen MR) is 120 cm³/mol. The third-order valence-electron chi connectivity index (χ3n) is 4.43. The van der Waals surface area contributed by atoms with Gasteiger partial charge in [0.15, 0.2) is 0 Å². The molecular weight excluding hydrogens is 420 g/mol. The molecule has 0 bridgehead atoms. The molecule has 0 aliphatic rings. The molecule has 162 valence electrons. The van der Waals surface area contributed by atoms with Gasteiger partial charge in [-0.1, -0.05) is 12.1 Å². The van der Waals surface area contributed by atoms with E-state index in [1.54, 1.807) is 42.5 Å². The summed E-state index contributed by atoms with van der Waals surface area (Å²) in [6, 6.07) is 11.7. The third kappa shape index (κ3) is 5.01. The highest BCUT2D eigenvalue weighted by Crippen LogP contribution is 2.32. The van der Waals surface area contributed by atoms with Crippen LogP contribution in [0.4, 0.5) is 28.7 Å². The van der Waals surface area contributed by atoms with Gasteiger partial charge in [-0.2, -0.15) is 0 Å². The monoisotopic (exact) mass is 442 g/mol. The topological polar surface area (TPSA) is 140 Å². The van der Waals surface area contributed by atoms with E-state index < -0.39 is 15.9 Å². The van der Waals surface area contributed by atoms with Crippen LogP contribution < -0.4 is 25.4 Å². The molecule has 3 rings (SSSR count). The number of nitrogens with two attached hydrogens (primary N) is 1. The Morgan fingerprint density at radius 3 is 2.42 bits per heavy atom. The SMILES string of the molecule is COc1ccc(Nc2nccc(Nc3ccccc3N(C)S(C)(=O)=O)c2C(N)=O)nc1. The number of ether oxygens (including phenoxy) is 1. The number of carbonyl (C=O) groups is 1. The maximum absolute atomic E-state index is 12.3. The molecule has 31 heavy (non-hydrogen) atoms. The van der Waals surface area contributed by atoms with Gasteiger partial charge in [0.05, 0.1) is 36.6 Å². The van der Waals surface area contributed by atoms with E-state index in [0.717, 1.165) is 10.6 Å². The molecule has 4 N–H and O–H groups in total. The van der Waals surface area contributed by atoms with Crippen molar-refractivity contribution in [3.8, 4) is 5.75 Å². The molecule has 0 fully saturated rings. The highest BCUT2D eigenvalue weighted by Gasteiger charge is 2.19. The number of nitrogens with one attached hydrogen (secondary N) is 2. The zero-order chi connectivity index (χ0) is 22.6. The normalized spacial score (nSPS) is 10.9. The van der Waals surface area contributed by atoms with Gasteiger partial charge in [0.1, 0.15) is 22.9 Å². The van der Waals surface area contributed by atoms with E-state index in [9.17, 15) is 13.2 Å². The number of para-hydroxylation sites is 2. The number of nitrogens with zero attached hydrogens (tertiary/aromatic N) is 3. The molecule has 0 radical (unpaired) electrons. The lowest BCUT2D eigenvalue weighted by molar-refractivity contribution is 0.100. The van der Waals surface area contributed by atoms with Crippen molar-refractivity contribution in [1.82, 2.24) is 9.97 Å². The number of primary amides is 1. The second kappa shape index (κ2) is 8.88. The van der Waals surface area contributed by atoms with Crippen molar-refractivity contribution in [3.05, 3.63) is 60.4 Å². The molecule has 0 spiro atoms. The van der Waals surface area contributed by atoms with Crippen molar-refractivity contribution in [2.75, 3.05) is 35.4 Å². The van der Waals surface area contributed by atoms with Crippen molar-refractivity contribution < 1.29 is 17.9 Å². The van der Waals surface area contributed by atoms with Gasteiger partial charge >= 0.3 is 0 Å². The second-order valence-corrected chi connectivity index (χ2v) is 8.54. The van der Waals surface area contributed by atoms with E-state index >= 15 is 0 Å². The van der Waals surface area contributed by atoms with E-state index in [1.807, 2.05) is 0 Å². The van der Waals surface area contributed by atoms with Crippen LogP contribution in [0.25, 0.3) is 0 Å². The predicted octanol–water partition coefficient (Wildman–Crippen LogP) is 2.47. The Labute approximate surface area is 180 Å². The van der Waals surface area contributed by atoms with Crippen molar-refractivity contribution in [1.29, 1.82) is 0 Å².